The summed E-state index contributed by atoms with van der Waals surface area (Å²) in [5, 5.41) is 12.2. The molecule has 2 aliphatic rings. The van der Waals surface area contributed by atoms with E-state index in [1.165, 1.54) is 32.1 Å². The summed E-state index contributed by atoms with van der Waals surface area (Å²) in [6.07, 6.45) is 13.2. The van der Waals surface area contributed by atoms with Crippen molar-refractivity contribution in [3.8, 4) is 0 Å². The molecule has 1 heterocycles. The minimum absolute atomic E-state index is 0.0255. The molecule has 1 aliphatic heterocycles. The summed E-state index contributed by atoms with van der Waals surface area (Å²) in [7, 11) is 0. The Morgan fingerprint density at radius 1 is 1.22 bits per heavy atom. The van der Waals surface area contributed by atoms with Crippen molar-refractivity contribution in [1.82, 2.24) is 15.1 Å². The Hall–Kier alpha value is -1.07. The molecule has 23 heavy (non-hydrogen) atoms. The van der Waals surface area contributed by atoms with Gasteiger partial charge in [0.2, 0.25) is 0 Å². The van der Waals surface area contributed by atoms with Crippen molar-refractivity contribution < 1.29 is 9.90 Å². The zero-order valence-electron chi connectivity index (χ0n) is 14.4. The molecule has 0 aromatic heterocycles. The molecule has 2 rings (SSSR count). The number of rotatable bonds is 8. The summed E-state index contributed by atoms with van der Waals surface area (Å²) >= 11 is 0. The Bertz CT molecular complexity index is 367. The minimum Gasteiger partial charge on any atom is -0.395 e. The lowest BCUT2D eigenvalue weighted by molar-refractivity contribution is 0.168. The first-order valence-corrected chi connectivity index (χ1v) is 9.30. The maximum absolute atomic E-state index is 12.3. The van der Waals surface area contributed by atoms with E-state index in [1.807, 2.05) is 0 Å². The number of carbonyl (C=O) groups excluding carboxylic acids is 1. The van der Waals surface area contributed by atoms with E-state index in [4.69, 9.17) is 0 Å². The third-order valence-corrected chi connectivity index (χ3v) is 5.04. The second-order valence-corrected chi connectivity index (χ2v) is 6.80. The van der Waals surface area contributed by atoms with Crippen LogP contribution in [-0.2, 0) is 0 Å². The normalized spacial score (nSPS) is 19.7. The smallest absolute Gasteiger partial charge is 0.317 e. The maximum Gasteiger partial charge on any atom is 0.317 e. The van der Waals surface area contributed by atoms with Gasteiger partial charge in [-0.3, -0.25) is 4.90 Å². The fourth-order valence-corrected chi connectivity index (χ4v) is 3.58. The Labute approximate surface area is 140 Å². The van der Waals surface area contributed by atoms with Gasteiger partial charge in [0.1, 0.15) is 0 Å². The molecule has 0 saturated heterocycles. The predicted molar refractivity (Wildman–Crippen MR) is 93.4 cm³/mol. The Morgan fingerprint density at radius 2 is 2.04 bits per heavy atom. The van der Waals surface area contributed by atoms with E-state index in [9.17, 15) is 9.90 Å². The van der Waals surface area contributed by atoms with Gasteiger partial charge in [-0.05, 0) is 18.8 Å². The number of nitrogens with one attached hydrogen (secondary N) is 1. The molecule has 5 heteroatoms. The minimum atomic E-state index is -0.0255. The number of aliphatic hydroxyl groups excluding tert-OH is 1. The fourth-order valence-electron chi connectivity index (χ4n) is 3.58. The second kappa shape index (κ2) is 10.7. The zero-order chi connectivity index (χ0) is 16.3. The molecule has 0 bridgehead atoms. The SMILES string of the molecule is O=C(NCCN1CC=CCC1)N(CCO)CCC1CCCCC1. The Balaban J connectivity index is 1.65. The van der Waals surface area contributed by atoms with Gasteiger partial charge in [-0.15, -0.1) is 0 Å². The van der Waals surface area contributed by atoms with E-state index in [0.717, 1.165) is 44.9 Å². The zero-order valence-corrected chi connectivity index (χ0v) is 14.4. The van der Waals surface area contributed by atoms with Gasteiger partial charge < -0.3 is 15.3 Å². The lowest BCUT2D eigenvalue weighted by atomic mass is 9.87. The van der Waals surface area contributed by atoms with Crippen molar-refractivity contribution in [1.29, 1.82) is 0 Å². The summed E-state index contributed by atoms with van der Waals surface area (Å²) in [6, 6.07) is -0.0255. The van der Waals surface area contributed by atoms with Crippen LogP contribution in [0.1, 0.15) is 44.9 Å². The molecule has 0 radical (unpaired) electrons. The summed E-state index contributed by atoms with van der Waals surface area (Å²) in [5.41, 5.74) is 0. The Morgan fingerprint density at radius 3 is 2.74 bits per heavy atom. The molecule has 1 saturated carbocycles. The van der Waals surface area contributed by atoms with Crippen LogP contribution in [0, 0.1) is 5.92 Å². The highest BCUT2D eigenvalue weighted by Crippen LogP contribution is 2.26. The van der Waals surface area contributed by atoms with E-state index < -0.39 is 0 Å². The molecule has 5 nitrogen and oxygen atoms in total. The van der Waals surface area contributed by atoms with E-state index in [1.54, 1.807) is 4.90 Å². The third kappa shape index (κ3) is 6.92. The van der Waals surface area contributed by atoms with E-state index in [-0.39, 0.29) is 12.6 Å². The van der Waals surface area contributed by atoms with Crippen LogP contribution in [-0.4, -0.2) is 66.8 Å². The van der Waals surface area contributed by atoms with E-state index in [0.29, 0.717) is 13.1 Å². The van der Waals surface area contributed by atoms with Crippen molar-refractivity contribution >= 4 is 6.03 Å². The van der Waals surface area contributed by atoms with Crippen LogP contribution in [0.4, 0.5) is 4.79 Å². The fraction of sp³-hybridized carbons (Fsp3) is 0.833. The Kier molecular flexibility index (Phi) is 8.47. The third-order valence-electron chi connectivity index (χ3n) is 5.04. The lowest BCUT2D eigenvalue weighted by Crippen LogP contribution is -2.45. The number of nitrogens with zero attached hydrogens (tertiary/aromatic N) is 2. The highest BCUT2D eigenvalue weighted by atomic mass is 16.3. The number of aliphatic hydroxyl groups is 1. The van der Waals surface area contributed by atoms with Crippen LogP contribution in [0.3, 0.4) is 0 Å². The molecule has 0 aromatic carbocycles. The molecule has 0 aromatic rings. The highest BCUT2D eigenvalue weighted by Gasteiger charge is 2.18. The van der Waals surface area contributed by atoms with Gasteiger partial charge in [0.05, 0.1) is 6.61 Å². The van der Waals surface area contributed by atoms with Gasteiger partial charge in [0, 0.05) is 39.3 Å². The number of hydrogen-bond acceptors (Lipinski definition) is 3. The van der Waals surface area contributed by atoms with Crippen LogP contribution in [0.25, 0.3) is 0 Å². The highest BCUT2D eigenvalue weighted by molar-refractivity contribution is 5.74. The van der Waals surface area contributed by atoms with Crippen molar-refractivity contribution in [3.63, 3.8) is 0 Å². The molecule has 2 amide bonds. The van der Waals surface area contributed by atoms with Crippen LogP contribution < -0.4 is 5.32 Å². The van der Waals surface area contributed by atoms with Crippen molar-refractivity contribution in [2.45, 2.75) is 44.9 Å². The van der Waals surface area contributed by atoms with Crippen LogP contribution in [0.2, 0.25) is 0 Å². The van der Waals surface area contributed by atoms with E-state index in [2.05, 4.69) is 22.4 Å². The van der Waals surface area contributed by atoms with Crippen LogP contribution in [0.5, 0.6) is 0 Å². The van der Waals surface area contributed by atoms with Crippen molar-refractivity contribution in [3.05, 3.63) is 12.2 Å². The summed E-state index contributed by atoms with van der Waals surface area (Å²) in [4.78, 5) is 16.4. The summed E-state index contributed by atoms with van der Waals surface area (Å²) in [5.74, 6) is 0.762. The second-order valence-electron chi connectivity index (χ2n) is 6.80. The molecule has 1 aliphatic carbocycles. The predicted octanol–water partition coefficient (Wildman–Crippen LogP) is 2.22. The molecule has 1 fully saturated rings. The summed E-state index contributed by atoms with van der Waals surface area (Å²) in [6.45, 7) is 4.87. The average molecular weight is 323 g/mol. The molecule has 132 valence electrons. The number of urea groups is 1. The maximum atomic E-state index is 12.3. The standard InChI is InChI=1S/C18H33N3O2/c22-16-15-21(13-9-17-7-3-1-4-8-17)18(23)19-10-14-20-11-5-2-6-12-20/h2,5,17,22H,1,3-4,6-16H2,(H,19,23). The van der Waals surface area contributed by atoms with Crippen LogP contribution in [0.15, 0.2) is 12.2 Å². The molecular formula is C18H33N3O2. The van der Waals surface area contributed by atoms with Crippen LogP contribution >= 0.6 is 0 Å². The first kappa shape index (κ1) is 18.3. The molecule has 0 spiro atoms. The van der Waals surface area contributed by atoms with Gasteiger partial charge in [0.25, 0.3) is 0 Å². The topological polar surface area (TPSA) is 55.8 Å². The first-order chi connectivity index (χ1) is 11.3. The number of amides is 2. The first-order valence-electron chi connectivity index (χ1n) is 9.30. The number of hydrogen-bond donors (Lipinski definition) is 2. The average Bonchev–Trinajstić information content (AvgIpc) is 2.60. The van der Waals surface area contributed by atoms with Gasteiger partial charge in [-0.2, -0.15) is 0 Å². The molecule has 0 unspecified atom stereocenters. The summed E-state index contributed by atoms with van der Waals surface area (Å²) < 4.78 is 0. The van der Waals surface area contributed by atoms with Gasteiger partial charge in [0.15, 0.2) is 0 Å². The quantitative estimate of drug-likeness (QED) is 0.674. The van der Waals surface area contributed by atoms with Gasteiger partial charge >= 0.3 is 6.03 Å². The molecule has 2 N–H and O–H groups in total. The lowest BCUT2D eigenvalue weighted by Gasteiger charge is -2.28. The van der Waals surface area contributed by atoms with Crippen molar-refractivity contribution in [2.24, 2.45) is 5.92 Å². The number of carbonyl (C=O) groups is 1. The van der Waals surface area contributed by atoms with Crippen molar-refractivity contribution in [2.75, 3.05) is 45.9 Å². The molecule has 0 atom stereocenters. The van der Waals surface area contributed by atoms with Gasteiger partial charge in [-0.25, -0.2) is 4.79 Å². The largest absolute Gasteiger partial charge is 0.395 e. The monoisotopic (exact) mass is 323 g/mol. The molecular weight excluding hydrogens is 290 g/mol. The van der Waals surface area contributed by atoms with Gasteiger partial charge in [-0.1, -0.05) is 44.3 Å². The van der Waals surface area contributed by atoms with E-state index >= 15 is 0 Å².